The van der Waals surface area contributed by atoms with E-state index in [2.05, 4.69) is 50.9 Å². The Balaban J connectivity index is 2.47. The van der Waals surface area contributed by atoms with Crippen molar-refractivity contribution in [2.24, 2.45) is 5.73 Å². The van der Waals surface area contributed by atoms with Gasteiger partial charge in [-0.25, -0.2) is 0 Å². The Labute approximate surface area is 112 Å². The van der Waals surface area contributed by atoms with E-state index in [1.165, 1.54) is 36.1 Å². The fraction of sp³-hybridized carbons (Fsp3) is 0.625. The monoisotopic (exact) mass is 248 g/mol. The third-order valence-electron chi connectivity index (χ3n) is 3.39. The second kappa shape index (κ2) is 7.55. The lowest BCUT2D eigenvalue weighted by Crippen LogP contribution is -2.24. The molecule has 0 bridgehead atoms. The van der Waals surface area contributed by atoms with Crippen LogP contribution >= 0.6 is 0 Å². The molecule has 0 spiro atoms. The lowest BCUT2D eigenvalue weighted by molar-refractivity contribution is 0.313. The van der Waals surface area contributed by atoms with E-state index in [-0.39, 0.29) is 6.04 Å². The molecule has 0 amide bonds. The minimum atomic E-state index is 0.160. The molecule has 0 aromatic heterocycles. The lowest BCUT2D eigenvalue weighted by atomic mass is 10.00. The van der Waals surface area contributed by atoms with Crippen molar-refractivity contribution in [3.8, 4) is 0 Å². The zero-order valence-corrected chi connectivity index (χ0v) is 12.4. The summed E-state index contributed by atoms with van der Waals surface area (Å²) in [6, 6.07) is 6.78. The molecule has 2 nitrogen and oxygen atoms in total. The highest BCUT2D eigenvalue weighted by Crippen LogP contribution is 2.18. The fourth-order valence-corrected chi connectivity index (χ4v) is 2.29. The first-order valence-corrected chi connectivity index (χ1v) is 7.05. The number of aryl methyl sites for hydroxylation is 2. The summed E-state index contributed by atoms with van der Waals surface area (Å²) in [4.78, 5) is 2.38. The van der Waals surface area contributed by atoms with Gasteiger partial charge >= 0.3 is 0 Å². The molecule has 0 radical (unpaired) electrons. The van der Waals surface area contributed by atoms with E-state index in [1.807, 2.05) is 0 Å². The zero-order chi connectivity index (χ0) is 13.5. The van der Waals surface area contributed by atoms with E-state index < -0.39 is 0 Å². The van der Waals surface area contributed by atoms with E-state index in [0.29, 0.717) is 0 Å². The van der Waals surface area contributed by atoms with E-state index in [4.69, 9.17) is 5.73 Å². The molecule has 2 N–H and O–H groups in total. The van der Waals surface area contributed by atoms with Gasteiger partial charge in [0.2, 0.25) is 0 Å². The van der Waals surface area contributed by atoms with Gasteiger partial charge in [0.05, 0.1) is 0 Å². The second-order valence-electron chi connectivity index (χ2n) is 5.47. The Hall–Kier alpha value is -0.860. The van der Waals surface area contributed by atoms with E-state index in [1.54, 1.807) is 0 Å². The molecule has 102 valence electrons. The molecule has 0 heterocycles. The SMILES string of the molecule is CCCCN(C)CCC(N)c1cc(C)cc(C)c1. The van der Waals surface area contributed by atoms with E-state index in [0.717, 1.165) is 13.0 Å². The van der Waals surface area contributed by atoms with Gasteiger partial charge in [-0.1, -0.05) is 42.7 Å². The van der Waals surface area contributed by atoms with Crippen LogP contribution in [0.3, 0.4) is 0 Å². The highest BCUT2D eigenvalue weighted by molar-refractivity contribution is 5.30. The summed E-state index contributed by atoms with van der Waals surface area (Å²) < 4.78 is 0. The summed E-state index contributed by atoms with van der Waals surface area (Å²) in [5.74, 6) is 0. The van der Waals surface area contributed by atoms with Gasteiger partial charge < -0.3 is 10.6 Å². The highest BCUT2D eigenvalue weighted by atomic mass is 15.1. The smallest absolute Gasteiger partial charge is 0.0307 e. The average Bonchev–Trinajstić information content (AvgIpc) is 2.32. The number of nitrogens with two attached hydrogens (primary N) is 1. The van der Waals surface area contributed by atoms with Gasteiger partial charge in [0.15, 0.2) is 0 Å². The number of benzene rings is 1. The molecule has 0 saturated carbocycles. The van der Waals surface area contributed by atoms with Crippen LogP contribution in [0.4, 0.5) is 0 Å². The minimum Gasteiger partial charge on any atom is -0.324 e. The van der Waals surface area contributed by atoms with Gasteiger partial charge in [-0.05, 0) is 52.4 Å². The van der Waals surface area contributed by atoms with Crippen LogP contribution < -0.4 is 5.73 Å². The Morgan fingerprint density at radius 2 is 1.72 bits per heavy atom. The third kappa shape index (κ3) is 5.19. The number of hydrogen-bond donors (Lipinski definition) is 1. The van der Waals surface area contributed by atoms with Gasteiger partial charge in [0.1, 0.15) is 0 Å². The van der Waals surface area contributed by atoms with Gasteiger partial charge in [0, 0.05) is 6.04 Å². The van der Waals surface area contributed by atoms with Crippen molar-refractivity contribution in [2.75, 3.05) is 20.1 Å². The van der Waals surface area contributed by atoms with E-state index >= 15 is 0 Å². The molecule has 1 aromatic rings. The molecule has 0 fully saturated rings. The van der Waals surface area contributed by atoms with E-state index in [9.17, 15) is 0 Å². The third-order valence-corrected chi connectivity index (χ3v) is 3.39. The van der Waals surface area contributed by atoms with Crippen LogP contribution in [-0.4, -0.2) is 25.0 Å². The maximum atomic E-state index is 6.28. The van der Waals surface area contributed by atoms with Crippen molar-refractivity contribution in [1.29, 1.82) is 0 Å². The largest absolute Gasteiger partial charge is 0.324 e. The molecule has 1 unspecified atom stereocenters. The van der Waals surface area contributed by atoms with Crippen LogP contribution in [0.15, 0.2) is 18.2 Å². The van der Waals surface area contributed by atoms with Crippen LogP contribution in [0.2, 0.25) is 0 Å². The first-order valence-electron chi connectivity index (χ1n) is 7.05. The second-order valence-corrected chi connectivity index (χ2v) is 5.47. The molecule has 0 saturated heterocycles. The summed E-state index contributed by atoms with van der Waals surface area (Å²) >= 11 is 0. The van der Waals surface area contributed by atoms with Crippen LogP contribution in [-0.2, 0) is 0 Å². The van der Waals surface area contributed by atoms with Crippen molar-refractivity contribution in [2.45, 2.75) is 46.1 Å². The normalized spacial score (nSPS) is 13.0. The van der Waals surface area contributed by atoms with Crippen LogP contribution in [0, 0.1) is 13.8 Å². The molecule has 1 aromatic carbocycles. The number of rotatable bonds is 7. The molecule has 0 aliphatic rings. The van der Waals surface area contributed by atoms with Crippen LogP contribution in [0.5, 0.6) is 0 Å². The maximum Gasteiger partial charge on any atom is 0.0307 e. The molecule has 2 heteroatoms. The van der Waals surface area contributed by atoms with Crippen molar-refractivity contribution >= 4 is 0 Å². The lowest BCUT2D eigenvalue weighted by Gasteiger charge is -2.19. The predicted octanol–water partition coefficient (Wildman–Crippen LogP) is 3.43. The van der Waals surface area contributed by atoms with Gasteiger partial charge in [-0.2, -0.15) is 0 Å². The summed E-state index contributed by atoms with van der Waals surface area (Å²) in [5, 5.41) is 0. The number of nitrogens with zero attached hydrogens (tertiary/aromatic N) is 1. The Morgan fingerprint density at radius 3 is 2.28 bits per heavy atom. The quantitative estimate of drug-likeness (QED) is 0.801. The summed E-state index contributed by atoms with van der Waals surface area (Å²) in [6.07, 6.45) is 3.56. The zero-order valence-electron chi connectivity index (χ0n) is 12.4. The van der Waals surface area contributed by atoms with Crippen molar-refractivity contribution < 1.29 is 0 Å². The molecular weight excluding hydrogens is 220 g/mol. The van der Waals surface area contributed by atoms with Crippen molar-refractivity contribution in [3.63, 3.8) is 0 Å². The molecular formula is C16H28N2. The van der Waals surface area contributed by atoms with Gasteiger partial charge in [0.25, 0.3) is 0 Å². The summed E-state index contributed by atoms with van der Waals surface area (Å²) in [6.45, 7) is 8.76. The Morgan fingerprint density at radius 1 is 1.11 bits per heavy atom. The topological polar surface area (TPSA) is 29.3 Å². The molecule has 0 aliphatic heterocycles. The predicted molar refractivity (Wildman–Crippen MR) is 79.9 cm³/mol. The fourth-order valence-electron chi connectivity index (χ4n) is 2.29. The number of hydrogen-bond acceptors (Lipinski definition) is 2. The van der Waals surface area contributed by atoms with Crippen LogP contribution in [0.25, 0.3) is 0 Å². The highest BCUT2D eigenvalue weighted by Gasteiger charge is 2.08. The molecule has 1 rings (SSSR count). The first kappa shape index (κ1) is 15.2. The van der Waals surface area contributed by atoms with Gasteiger partial charge in [-0.15, -0.1) is 0 Å². The van der Waals surface area contributed by atoms with Crippen molar-refractivity contribution in [3.05, 3.63) is 34.9 Å². The first-order chi connectivity index (χ1) is 8.52. The summed E-state index contributed by atoms with van der Waals surface area (Å²) in [5.41, 5.74) is 10.2. The molecule has 0 aliphatic carbocycles. The maximum absolute atomic E-state index is 6.28. The van der Waals surface area contributed by atoms with Crippen molar-refractivity contribution in [1.82, 2.24) is 4.90 Å². The van der Waals surface area contributed by atoms with Crippen LogP contribution in [0.1, 0.15) is 48.9 Å². The Kier molecular flexibility index (Phi) is 6.37. The van der Waals surface area contributed by atoms with Gasteiger partial charge in [-0.3, -0.25) is 0 Å². The minimum absolute atomic E-state index is 0.160. The Bertz CT molecular complexity index is 340. The summed E-state index contributed by atoms with van der Waals surface area (Å²) in [7, 11) is 2.18. The number of unbranched alkanes of at least 4 members (excludes halogenated alkanes) is 1. The average molecular weight is 248 g/mol. The molecule has 18 heavy (non-hydrogen) atoms. The molecule has 1 atom stereocenters. The standard InChI is InChI=1S/C16H28N2/c1-5-6-8-18(4)9-7-16(17)15-11-13(2)10-14(3)12-15/h10-12,16H,5-9,17H2,1-4H3.